The number of amides is 1. The smallest absolute Gasteiger partial charge is 0.237 e. The van der Waals surface area contributed by atoms with Gasteiger partial charge in [-0.3, -0.25) is 4.79 Å². The molecular formula is C15H22F2N2O2. The topological polar surface area (TPSA) is 61.4 Å². The quantitative estimate of drug-likeness (QED) is 0.778. The number of hydrogen-bond donors (Lipinski definition) is 3. The lowest BCUT2D eigenvalue weighted by Gasteiger charge is -2.24. The van der Waals surface area contributed by atoms with Crippen molar-refractivity contribution in [3.63, 3.8) is 0 Å². The first kappa shape index (κ1) is 17.5. The Bertz CT molecular complexity index is 501. The summed E-state index contributed by atoms with van der Waals surface area (Å²) in [5.74, 6) is -1.53. The van der Waals surface area contributed by atoms with Crippen molar-refractivity contribution < 1.29 is 18.7 Å². The molecule has 3 N–H and O–H groups in total. The molecule has 2 atom stereocenters. The van der Waals surface area contributed by atoms with Gasteiger partial charge in [0.05, 0.1) is 12.1 Å². The Morgan fingerprint density at radius 2 is 1.95 bits per heavy atom. The van der Waals surface area contributed by atoms with Crippen LogP contribution in [0.2, 0.25) is 0 Å². The fourth-order valence-corrected chi connectivity index (χ4v) is 1.74. The highest BCUT2D eigenvalue weighted by Gasteiger charge is 2.20. The maximum absolute atomic E-state index is 13.5. The van der Waals surface area contributed by atoms with Gasteiger partial charge >= 0.3 is 0 Å². The van der Waals surface area contributed by atoms with Crippen LogP contribution in [0.1, 0.15) is 39.4 Å². The molecule has 0 saturated carbocycles. The zero-order chi connectivity index (χ0) is 16.2. The Labute approximate surface area is 123 Å². The molecule has 6 heteroatoms. The van der Waals surface area contributed by atoms with Crippen molar-refractivity contribution in [2.75, 3.05) is 6.54 Å². The third-order valence-corrected chi connectivity index (χ3v) is 2.83. The number of hydrogen-bond acceptors (Lipinski definition) is 3. The van der Waals surface area contributed by atoms with Gasteiger partial charge in [-0.25, -0.2) is 8.78 Å². The van der Waals surface area contributed by atoms with Gasteiger partial charge in [0.25, 0.3) is 0 Å². The first-order chi connectivity index (χ1) is 9.60. The maximum Gasteiger partial charge on any atom is 0.237 e. The van der Waals surface area contributed by atoms with E-state index in [1.165, 1.54) is 0 Å². The molecule has 1 rings (SSSR count). The highest BCUT2D eigenvalue weighted by molar-refractivity contribution is 5.81. The van der Waals surface area contributed by atoms with Gasteiger partial charge in [0.15, 0.2) is 0 Å². The van der Waals surface area contributed by atoms with E-state index in [2.05, 4.69) is 10.6 Å². The summed E-state index contributed by atoms with van der Waals surface area (Å²) in [6.07, 6.45) is -1.23. The lowest BCUT2D eigenvalue weighted by Crippen LogP contribution is -2.50. The standard InChI is InChI=1S/C15H22F2N2O2/c1-9(14(21)19-15(2,3)4)18-8-13(20)11-7-10(16)5-6-12(11)17/h5-7,9,13,18,20H,8H2,1-4H3,(H,19,21). The highest BCUT2D eigenvalue weighted by atomic mass is 19.1. The summed E-state index contributed by atoms with van der Waals surface area (Å²) in [7, 11) is 0. The van der Waals surface area contributed by atoms with Gasteiger partial charge in [0, 0.05) is 17.6 Å². The van der Waals surface area contributed by atoms with E-state index >= 15 is 0 Å². The Morgan fingerprint density at radius 3 is 2.52 bits per heavy atom. The number of benzene rings is 1. The van der Waals surface area contributed by atoms with E-state index in [1.807, 2.05) is 20.8 Å². The van der Waals surface area contributed by atoms with Crippen LogP contribution in [0.5, 0.6) is 0 Å². The zero-order valence-electron chi connectivity index (χ0n) is 12.7. The van der Waals surface area contributed by atoms with Crippen LogP contribution in [0.15, 0.2) is 18.2 Å². The molecule has 21 heavy (non-hydrogen) atoms. The third kappa shape index (κ3) is 5.77. The predicted molar refractivity (Wildman–Crippen MR) is 76.7 cm³/mol. The van der Waals surface area contributed by atoms with Crippen molar-refractivity contribution in [2.24, 2.45) is 0 Å². The van der Waals surface area contributed by atoms with Crippen LogP contribution in [0.25, 0.3) is 0 Å². The molecule has 0 radical (unpaired) electrons. The monoisotopic (exact) mass is 300 g/mol. The van der Waals surface area contributed by atoms with Crippen molar-refractivity contribution in [1.82, 2.24) is 10.6 Å². The zero-order valence-corrected chi connectivity index (χ0v) is 12.7. The van der Waals surface area contributed by atoms with E-state index in [9.17, 15) is 18.7 Å². The molecule has 1 aromatic rings. The number of carbonyl (C=O) groups excluding carboxylic acids is 1. The largest absolute Gasteiger partial charge is 0.387 e. The Hall–Kier alpha value is -1.53. The summed E-state index contributed by atoms with van der Waals surface area (Å²) in [5, 5.41) is 15.5. The van der Waals surface area contributed by atoms with Crippen LogP contribution in [-0.4, -0.2) is 29.1 Å². The second-order valence-corrected chi connectivity index (χ2v) is 6.05. The first-order valence-electron chi connectivity index (χ1n) is 6.78. The summed E-state index contributed by atoms with van der Waals surface area (Å²) in [4.78, 5) is 11.8. The van der Waals surface area contributed by atoms with Gasteiger partial charge in [-0.1, -0.05) is 0 Å². The van der Waals surface area contributed by atoms with Crippen LogP contribution >= 0.6 is 0 Å². The number of halogens is 2. The number of rotatable bonds is 5. The second kappa shape index (κ2) is 6.95. The normalized spacial score (nSPS) is 14.6. The van der Waals surface area contributed by atoms with Crippen LogP contribution in [0, 0.1) is 11.6 Å². The summed E-state index contributed by atoms with van der Waals surface area (Å²) >= 11 is 0. The average molecular weight is 300 g/mol. The minimum absolute atomic E-state index is 0.0564. The van der Waals surface area contributed by atoms with E-state index < -0.39 is 23.8 Å². The SMILES string of the molecule is CC(NCC(O)c1cc(F)ccc1F)C(=O)NC(C)(C)C. The van der Waals surface area contributed by atoms with Crippen molar-refractivity contribution >= 4 is 5.91 Å². The molecule has 0 heterocycles. The average Bonchev–Trinajstić information content (AvgIpc) is 2.36. The predicted octanol–water partition coefficient (Wildman–Crippen LogP) is 1.89. The van der Waals surface area contributed by atoms with Crippen LogP contribution < -0.4 is 10.6 Å². The molecular weight excluding hydrogens is 278 g/mol. The summed E-state index contributed by atoms with van der Waals surface area (Å²) in [6, 6.07) is 2.33. The molecule has 0 aliphatic rings. The lowest BCUT2D eigenvalue weighted by atomic mass is 10.1. The number of aliphatic hydroxyl groups is 1. The maximum atomic E-state index is 13.5. The molecule has 0 aromatic heterocycles. The molecule has 0 aliphatic heterocycles. The van der Waals surface area contributed by atoms with E-state index in [0.717, 1.165) is 18.2 Å². The highest BCUT2D eigenvalue weighted by Crippen LogP contribution is 2.17. The molecule has 0 bridgehead atoms. The van der Waals surface area contributed by atoms with Gasteiger partial charge in [0.1, 0.15) is 11.6 Å². The minimum atomic E-state index is -1.23. The summed E-state index contributed by atoms with van der Waals surface area (Å²) in [6.45, 7) is 7.15. The van der Waals surface area contributed by atoms with Crippen LogP contribution in [0.4, 0.5) is 8.78 Å². The third-order valence-electron chi connectivity index (χ3n) is 2.83. The molecule has 2 unspecified atom stereocenters. The second-order valence-electron chi connectivity index (χ2n) is 6.05. The summed E-state index contributed by atoms with van der Waals surface area (Å²) in [5.41, 5.74) is -0.494. The fraction of sp³-hybridized carbons (Fsp3) is 0.533. The Morgan fingerprint density at radius 1 is 1.33 bits per heavy atom. The van der Waals surface area contributed by atoms with Gasteiger partial charge in [0.2, 0.25) is 5.91 Å². The Kier molecular flexibility index (Phi) is 5.80. The molecule has 4 nitrogen and oxygen atoms in total. The lowest BCUT2D eigenvalue weighted by molar-refractivity contribution is -0.124. The molecule has 0 saturated heterocycles. The van der Waals surface area contributed by atoms with Crippen LogP contribution in [0.3, 0.4) is 0 Å². The molecule has 0 spiro atoms. The van der Waals surface area contributed by atoms with Gasteiger partial charge in [-0.2, -0.15) is 0 Å². The molecule has 0 fully saturated rings. The molecule has 1 aromatic carbocycles. The van der Waals surface area contributed by atoms with E-state index in [0.29, 0.717) is 0 Å². The van der Waals surface area contributed by atoms with E-state index in [-0.39, 0.29) is 23.6 Å². The van der Waals surface area contributed by atoms with Crippen molar-refractivity contribution in [3.05, 3.63) is 35.4 Å². The van der Waals surface area contributed by atoms with Crippen molar-refractivity contribution in [1.29, 1.82) is 0 Å². The fourth-order valence-electron chi connectivity index (χ4n) is 1.74. The number of aliphatic hydroxyl groups excluding tert-OH is 1. The van der Waals surface area contributed by atoms with Gasteiger partial charge < -0.3 is 15.7 Å². The molecule has 118 valence electrons. The van der Waals surface area contributed by atoms with Crippen molar-refractivity contribution in [3.8, 4) is 0 Å². The van der Waals surface area contributed by atoms with Gasteiger partial charge in [-0.05, 0) is 45.9 Å². The van der Waals surface area contributed by atoms with Crippen molar-refractivity contribution in [2.45, 2.75) is 45.4 Å². The first-order valence-corrected chi connectivity index (χ1v) is 6.78. The molecule has 1 amide bonds. The number of nitrogens with one attached hydrogen (secondary N) is 2. The minimum Gasteiger partial charge on any atom is -0.387 e. The van der Waals surface area contributed by atoms with Gasteiger partial charge in [-0.15, -0.1) is 0 Å². The number of carbonyl (C=O) groups is 1. The van der Waals surface area contributed by atoms with E-state index in [1.54, 1.807) is 6.92 Å². The van der Waals surface area contributed by atoms with Crippen LogP contribution in [-0.2, 0) is 4.79 Å². The molecule has 0 aliphatic carbocycles. The Balaban J connectivity index is 2.58. The van der Waals surface area contributed by atoms with E-state index in [4.69, 9.17) is 0 Å². The summed E-state index contributed by atoms with van der Waals surface area (Å²) < 4.78 is 26.5.